The van der Waals surface area contributed by atoms with E-state index in [1.165, 1.54) is 11.8 Å². The highest BCUT2D eigenvalue weighted by Gasteiger charge is 2.16. The molecule has 0 aromatic carbocycles. The molecule has 0 aliphatic heterocycles. The molecule has 0 aromatic heterocycles. The molecule has 0 aliphatic rings. The Morgan fingerprint density at radius 3 is 2.79 bits per heavy atom. The number of nitrogens with zero attached hydrogens (tertiary/aromatic N) is 1. The Morgan fingerprint density at radius 1 is 1.71 bits per heavy atom. The number of amidine groups is 1. The van der Waals surface area contributed by atoms with Gasteiger partial charge in [-0.2, -0.15) is 11.8 Å². The second kappa shape index (κ2) is 7.61. The van der Waals surface area contributed by atoms with Gasteiger partial charge in [0, 0.05) is 18.1 Å². The summed E-state index contributed by atoms with van der Waals surface area (Å²) in [7, 11) is 0. The molecule has 0 rings (SSSR count). The lowest BCUT2D eigenvalue weighted by atomic mass is 10.2. The van der Waals surface area contributed by atoms with Crippen LogP contribution in [0.4, 0.5) is 4.39 Å². The summed E-state index contributed by atoms with van der Waals surface area (Å²) >= 11 is 1.37. The number of carboxylic acids is 1. The first-order valence-corrected chi connectivity index (χ1v) is 5.36. The molecule has 0 saturated heterocycles. The second-order valence-corrected chi connectivity index (χ2v) is 3.94. The Kier molecular flexibility index (Phi) is 7.18. The molecule has 0 bridgehead atoms. The molecule has 6 heteroatoms. The van der Waals surface area contributed by atoms with Gasteiger partial charge >= 0.3 is 5.97 Å². The summed E-state index contributed by atoms with van der Waals surface area (Å²) < 4.78 is 12.1. The third-order valence-corrected chi connectivity index (χ3v) is 2.56. The number of nitrogens with two attached hydrogens (primary N) is 1. The zero-order valence-electron chi connectivity index (χ0n) is 8.07. The Bertz CT molecular complexity index is 208. The molecule has 0 radical (unpaired) electrons. The average molecular weight is 222 g/mol. The maximum atomic E-state index is 12.1. The Balaban J connectivity index is 3.52. The van der Waals surface area contributed by atoms with Crippen molar-refractivity contribution in [3.05, 3.63) is 0 Å². The van der Waals surface area contributed by atoms with Crippen molar-refractivity contribution in [3.63, 3.8) is 0 Å². The van der Waals surface area contributed by atoms with Crippen LogP contribution >= 0.6 is 11.8 Å². The van der Waals surface area contributed by atoms with Crippen LogP contribution in [0.15, 0.2) is 4.99 Å². The van der Waals surface area contributed by atoms with Crippen molar-refractivity contribution in [3.8, 4) is 0 Å². The first kappa shape index (κ1) is 13.2. The predicted octanol–water partition coefficient (Wildman–Crippen LogP) is 0.767. The number of carbonyl (C=O) groups is 1. The third kappa shape index (κ3) is 6.71. The number of hydrogen-bond acceptors (Lipinski definition) is 3. The minimum atomic E-state index is -1.08. The van der Waals surface area contributed by atoms with Crippen molar-refractivity contribution in [2.75, 3.05) is 24.7 Å². The number of aliphatic imine (C=N–C) groups is 1. The van der Waals surface area contributed by atoms with Gasteiger partial charge in [-0.25, -0.2) is 0 Å². The number of thioether (sulfide) groups is 1. The fourth-order valence-corrected chi connectivity index (χ4v) is 1.60. The number of rotatable bonds is 7. The molecular formula is C8H15FN2O2S. The van der Waals surface area contributed by atoms with Crippen LogP contribution in [0.5, 0.6) is 0 Å². The van der Waals surface area contributed by atoms with Gasteiger partial charge in [-0.05, 0) is 6.92 Å². The number of alkyl halides is 1. The van der Waals surface area contributed by atoms with Gasteiger partial charge in [0.05, 0.1) is 11.8 Å². The lowest BCUT2D eigenvalue weighted by Gasteiger charge is -2.06. The molecule has 14 heavy (non-hydrogen) atoms. The van der Waals surface area contributed by atoms with Gasteiger partial charge in [0.2, 0.25) is 0 Å². The van der Waals surface area contributed by atoms with E-state index in [1.54, 1.807) is 6.92 Å². The largest absolute Gasteiger partial charge is 0.481 e. The molecule has 82 valence electrons. The van der Waals surface area contributed by atoms with Gasteiger partial charge < -0.3 is 10.8 Å². The van der Waals surface area contributed by atoms with E-state index in [4.69, 9.17) is 10.8 Å². The molecule has 1 atom stereocenters. The normalized spacial score (nSPS) is 14.0. The number of carboxylic acid groups (broad SMARTS) is 1. The smallest absolute Gasteiger partial charge is 0.310 e. The quantitative estimate of drug-likeness (QED) is 0.379. The van der Waals surface area contributed by atoms with E-state index in [2.05, 4.69) is 4.99 Å². The van der Waals surface area contributed by atoms with Crippen LogP contribution in [0.3, 0.4) is 0 Å². The highest BCUT2D eigenvalue weighted by atomic mass is 32.2. The van der Waals surface area contributed by atoms with Gasteiger partial charge in [-0.1, -0.05) is 0 Å². The van der Waals surface area contributed by atoms with Crippen LogP contribution in [0.1, 0.15) is 6.92 Å². The fraction of sp³-hybridized carbons (Fsp3) is 0.750. The fourth-order valence-electron chi connectivity index (χ4n) is 0.694. The van der Waals surface area contributed by atoms with E-state index in [9.17, 15) is 9.18 Å². The van der Waals surface area contributed by atoms with Crippen molar-refractivity contribution in [1.29, 1.82) is 0 Å². The third-order valence-electron chi connectivity index (χ3n) is 1.45. The summed E-state index contributed by atoms with van der Waals surface area (Å²) in [6, 6.07) is 0. The average Bonchev–Trinajstić information content (AvgIpc) is 2.10. The molecule has 0 unspecified atom stereocenters. The Hall–Kier alpha value is -0.780. The predicted molar refractivity (Wildman–Crippen MR) is 56.6 cm³/mol. The summed E-state index contributed by atoms with van der Waals surface area (Å²) in [5.41, 5.74) is 5.30. The summed E-state index contributed by atoms with van der Waals surface area (Å²) in [5.74, 6) is -0.532. The minimum absolute atomic E-state index is 0.283. The lowest BCUT2D eigenvalue weighted by Crippen LogP contribution is -2.18. The molecule has 0 fully saturated rings. The molecule has 0 spiro atoms. The molecule has 0 heterocycles. The maximum absolute atomic E-state index is 12.1. The van der Waals surface area contributed by atoms with Crippen molar-refractivity contribution in [1.82, 2.24) is 0 Å². The number of hydrogen-bond donors (Lipinski definition) is 2. The van der Waals surface area contributed by atoms with Crippen LogP contribution in [-0.4, -0.2) is 41.6 Å². The molecule has 3 N–H and O–H groups in total. The zero-order chi connectivity index (χ0) is 11.0. The van der Waals surface area contributed by atoms with Crippen LogP contribution < -0.4 is 5.73 Å². The van der Waals surface area contributed by atoms with Gasteiger partial charge in [0.1, 0.15) is 6.67 Å². The summed E-state index contributed by atoms with van der Waals surface area (Å²) in [5, 5.41) is 8.52. The van der Waals surface area contributed by atoms with E-state index < -0.39 is 18.6 Å². The Morgan fingerprint density at radius 2 is 2.36 bits per heavy atom. The first-order chi connectivity index (χ1) is 6.57. The standard InChI is InChI=1S/C8H15FN2O2S/c1-6(10)11-2-3-14-5-7(4-9)8(12)13/h7H,2-5H2,1H3,(H2,10,11)(H,12,13)/t7-/m1/s1. The molecule has 0 aliphatic carbocycles. The summed E-state index contributed by atoms with van der Waals surface area (Å²) in [4.78, 5) is 14.3. The van der Waals surface area contributed by atoms with E-state index in [0.717, 1.165) is 0 Å². The van der Waals surface area contributed by atoms with Crippen LogP contribution in [0.25, 0.3) is 0 Å². The molecular weight excluding hydrogens is 207 g/mol. The van der Waals surface area contributed by atoms with Crippen LogP contribution in [0.2, 0.25) is 0 Å². The summed E-state index contributed by atoms with van der Waals surface area (Å²) in [6.45, 7) is 1.42. The SMILES string of the molecule is CC(N)=NCCSC[C@@H](CF)C(=O)O. The van der Waals surface area contributed by atoms with Crippen LogP contribution in [-0.2, 0) is 4.79 Å². The van der Waals surface area contributed by atoms with Crippen molar-refractivity contribution in [2.45, 2.75) is 6.92 Å². The highest BCUT2D eigenvalue weighted by Crippen LogP contribution is 2.09. The van der Waals surface area contributed by atoms with E-state index in [1.807, 2.05) is 0 Å². The maximum Gasteiger partial charge on any atom is 0.310 e. The molecule has 0 aromatic rings. The van der Waals surface area contributed by atoms with E-state index >= 15 is 0 Å². The monoisotopic (exact) mass is 222 g/mol. The van der Waals surface area contributed by atoms with Crippen LogP contribution in [0, 0.1) is 5.92 Å². The van der Waals surface area contributed by atoms with E-state index in [-0.39, 0.29) is 5.75 Å². The van der Waals surface area contributed by atoms with Gasteiger partial charge in [0.25, 0.3) is 0 Å². The van der Waals surface area contributed by atoms with Crippen molar-refractivity contribution in [2.24, 2.45) is 16.6 Å². The highest BCUT2D eigenvalue weighted by molar-refractivity contribution is 7.99. The topological polar surface area (TPSA) is 75.7 Å². The van der Waals surface area contributed by atoms with E-state index in [0.29, 0.717) is 18.1 Å². The van der Waals surface area contributed by atoms with Gasteiger partial charge in [-0.3, -0.25) is 14.2 Å². The lowest BCUT2D eigenvalue weighted by molar-refractivity contribution is -0.141. The van der Waals surface area contributed by atoms with Gasteiger partial charge in [0.15, 0.2) is 0 Å². The number of halogens is 1. The molecule has 0 saturated carbocycles. The number of aliphatic carboxylic acids is 1. The summed E-state index contributed by atoms with van der Waals surface area (Å²) in [6.07, 6.45) is 0. The van der Waals surface area contributed by atoms with Gasteiger partial charge in [-0.15, -0.1) is 0 Å². The first-order valence-electron chi connectivity index (χ1n) is 4.21. The molecule has 0 amide bonds. The molecule has 4 nitrogen and oxygen atoms in total. The zero-order valence-corrected chi connectivity index (χ0v) is 8.89. The van der Waals surface area contributed by atoms with Crippen molar-refractivity contribution < 1.29 is 14.3 Å². The minimum Gasteiger partial charge on any atom is -0.481 e. The second-order valence-electron chi connectivity index (χ2n) is 2.79. The van der Waals surface area contributed by atoms with Crippen molar-refractivity contribution >= 4 is 23.6 Å². The Labute approximate surface area is 86.8 Å².